The maximum atomic E-state index is 13.6. The maximum absolute atomic E-state index is 13.6. The molecule has 0 amide bonds. The highest BCUT2D eigenvalue weighted by Crippen LogP contribution is 2.47. The zero-order chi connectivity index (χ0) is 27.0. The second kappa shape index (κ2) is 10.3. The first kappa shape index (κ1) is 26.0. The largest absolute Gasteiger partial charge is 0.481 e. The molecule has 12 nitrogen and oxygen atoms in total. The van der Waals surface area contributed by atoms with Crippen LogP contribution in [0.15, 0.2) is 41.4 Å². The quantitative estimate of drug-likeness (QED) is 0.302. The van der Waals surface area contributed by atoms with E-state index in [1.807, 2.05) is 6.92 Å². The number of ether oxygens (including phenoxy) is 1. The molecule has 0 radical (unpaired) electrons. The number of methoxy groups -OCH3 is 1. The molecule has 4 aromatic heterocycles. The average Bonchev–Trinajstić information content (AvgIpc) is 3.54. The van der Waals surface area contributed by atoms with Gasteiger partial charge in [0.2, 0.25) is 21.9 Å². The number of nitrogens with one attached hydrogen (secondary N) is 1. The van der Waals surface area contributed by atoms with Gasteiger partial charge in [-0.1, -0.05) is 29.7 Å². The van der Waals surface area contributed by atoms with Gasteiger partial charge in [-0.2, -0.15) is 0 Å². The van der Waals surface area contributed by atoms with Gasteiger partial charge in [0, 0.05) is 29.9 Å². The fraction of sp³-hybridized carbons (Fsp3) is 0.417. The first-order chi connectivity index (χ1) is 18.2. The van der Waals surface area contributed by atoms with Gasteiger partial charge >= 0.3 is 0 Å². The summed E-state index contributed by atoms with van der Waals surface area (Å²) in [5.74, 6) is 0.912. The SMILES string of the molecule is COc1cccc(-c2nnc(NS(=O)(=O)[C@@H](C)[C@H](C)c3ncc(Cl)cn3)n2[C@@H](c2conc2C)C2CC2)n1. The van der Waals surface area contributed by atoms with E-state index < -0.39 is 21.2 Å². The number of nitrogens with zero attached hydrogens (tertiary/aromatic N) is 7. The Morgan fingerprint density at radius 2 is 1.92 bits per heavy atom. The van der Waals surface area contributed by atoms with E-state index >= 15 is 0 Å². The van der Waals surface area contributed by atoms with Crippen LogP contribution < -0.4 is 9.46 Å². The number of hydrogen-bond acceptors (Lipinski definition) is 10. The van der Waals surface area contributed by atoms with Crippen LogP contribution >= 0.6 is 11.6 Å². The van der Waals surface area contributed by atoms with Crippen LogP contribution in [0.1, 0.15) is 55.7 Å². The molecule has 38 heavy (non-hydrogen) atoms. The van der Waals surface area contributed by atoms with Gasteiger partial charge in [-0.3, -0.25) is 9.29 Å². The van der Waals surface area contributed by atoms with Crippen LogP contribution in [-0.4, -0.2) is 55.7 Å². The van der Waals surface area contributed by atoms with Crippen LogP contribution in [-0.2, 0) is 10.0 Å². The number of aryl methyl sites for hydroxylation is 1. The van der Waals surface area contributed by atoms with Gasteiger partial charge in [0.15, 0.2) is 5.82 Å². The maximum Gasteiger partial charge on any atom is 0.239 e. The van der Waals surface area contributed by atoms with Crippen molar-refractivity contribution in [2.24, 2.45) is 5.92 Å². The Hall–Kier alpha value is -3.58. The van der Waals surface area contributed by atoms with Crippen molar-refractivity contribution in [3.8, 4) is 17.4 Å². The zero-order valence-corrected chi connectivity index (χ0v) is 22.8. The van der Waals surface area contributed by atoms with Crippen molar-refractivity contribution < 1.29 is 17.7 Å². The topological polar surface area (TPSA) is 151 Å². The van der Waals surface area contributed by atoms with Gasteiger partial charge in [0.05, 0.1) is 29.1 Å². The molecule has 200 valence electrons. The van der Waals surface area contributed by atoms with Crippen LogP contribution in [0.4, 0.5) is 5.95 Å². The van der Waals surface area contributed by atoms with E-state index in [4.69, 9.17) is 20.9 Å². The normalized spacial score (nSPS) is 16.1. The summed E-state index contributed by atoms with van der Waals surface area (Å²) in [5, 5.41) is 12.2. The molecule has 4 aromatic rings. The van der Waals surface area contributed by atoms with Crippen LogP contribution in [0.25, 0.3) is 11.5 Å². The summed E-state index contributed by atoms with van der Waals surface area (Å²) < 4.78 is 42.2. The molecule has 1 aliphatic carbocycles. The predicted octanol–water partition coefficient (Wildman–Crippen LogP) is 4.02. The lowest BCUT2D eigenvalue weighted by Gasteiger charge is -2.23. The minimum Gasteiger partial charge on any atom is -0.481 e. The number of halogens is 1. The van der Waals surface area contributed by atoms with Crippen LogP contribution in [0, 0.1) is 12.8 Å². The Labute approximate surface area is 224 Å². The van der Waals surface area contributed by atoms with E-state index in [1.54, 1.807) is 42.9 Å². The van der Waals surface area contributed by atoms with Gasteiger partial charge in [-0.15, -0.1) is 10.2 Å². The number of pyridine rings is 1. The lowest BCUT2D eigenvalue weighted by atomic mass is 10.0. The molecule has 1 aliphatic rings. The van der Waals surface area contributed by atoms with Crippen molar-refractivity contribution in [3.63, 3.8) is 0 Å². The van der Waals surface area contributed by atoms with E-state index in [0.29, 0.717) is 33.9 Å². The molecule has 1 N–H and O–H groups in total. The number of aromatic nitrogens is 7. The molecule has 0 saturated heterocycles. The summed E-state index contributed by atoms with van der Waals surface area (Å²) in [7, 11) is -2.44. The van der Waals surface area contributed by atoms with E-state index in [2.05, 4.69) is 35.0 Å². The first-order valence-corrected chi connectivity index (χ1v) is 14.0. The Morgan fingerprint density at radius 1 is 1.18 bits per heavy atom. The zero-order valence-electron chi connectivity index (χ0n) is 21.2. The van der Waals surface area contributed by atoms with Gasteiger partial charge < -0.3 is 9.26 Å². The molecule has 0 spiro atoms. The number of anilines is 1. The van der Waals surface area contributed by atoms with Gasteiger partial charge in [-0.05, 0) is 38.7 Å². The lowest BCUT2D eigenvalue weighted by Crippen LogP contribution is -2.32. The van der Waals surface area contributed by atoms with Crippen LogP contribution in [0.5, 0.6) is 5.88 Å². The molecular weight excluding hydrogens is 532 g/mol. The standard InChI is InChI=1S/C24H27ClN8O4S/c1-13(22-26-10-17(25)11-27-22)15(3)38(34,35)32-24-30-29-23(19-6-5-7-20(28-19)36-4)33(24)21(16-8-9-16)18-12-37-31-14(18)2/h5-7,10-13,15-16,21H,8-9H2,1-4H3,(H,30,32)/t13-,15-,21+/m0/s1. The summed E-state index contributed by atoms with van der Waals surface area (Å²) in [4.78, 5) is 12.9. The molecule has 4 heterocycles. The molecule has 14 heteroatoms. The summed E-state index contributed by atoms with van der Waals surface area (Å²) in [6.45, 7) is 5.19. The lowest BCUT2D eigenvalue weighted by molar-refractivity contribution is 0.398. The number of rotatable bonds is 10. The first-order valence-electron chi connectivity index (χ1n) is 12.1. The Kier molecular flexibility index (Phi) is 7.05. The van der Waals surface area contributed by atoms with Crippen molar-refractivity contribution in [3.05, 3.63) is 59.0 Å². The number of hydrogen-bond donors (Lipinski definition) is 1. The Balaban J connectivity index is 1.57. The van der Waals surface area contributed by atoms with Gasteiger partial charge in [-0.25, -0.2) is 23.4 Å². The highest BCUT2D eigenvalue weighted by Gasteiger charge is 2.40. The number of sulfonamides is 1. The molecule has 0 aliphatic heterocycles. The molecule has 3 atom stereocenters. The minimum atomic E-state index is -3.96. The highest BCUT2D eigenvalue weighted by atomic mass is 35.5. The summed E-state index contributed by atoms with van der Waals surface area (Å²) in [6.07, 6.45) is 6.37. The van der Waals surface area contributed by atoms with Gasteiger partial charge in [0.25, 0.3) is 0 Å². The predicted molar refractivity (Wildman–Crippen MR) is 139 cm³/mol. The molecule has 1 saturated carbocycles. The van der Waals surface area contributed by atoms with Gasteiger partial charge in [0.1, 0.15) is 17.8 Å². The van der Waals surface area contributed by atoms with E-state index in [0.717, 1.165) is 18.4 Å². The second-order valence-electron chi connectivity index (χ2n) is 9.32. The smallest absolute Gasteiger partial charge is 0.239 e. The fourth-order valence-electron chi connectivity index (χ4n) is 4.31. The van der Waals surface area contributed by atoms with E-state index in [9.17, 15) is 8.42 Å². The summed E-state index contributed by atoms with van der Waals surface area (Å²) in [5.41, 5.74) is 2.02. The van der Waals surface area contributed by atoms with Crippen molar-refractivity contribution in [1.29, 1.82) is 0 Å². The molecular formula is C24H27ClN8O4S. The van der Waals surface area contributed by atoms with Crippen LogP contribution in [0.2, 0.25) is 5.02 Å². The van der Waals surface area contributed by atoms with Crippen molar-refractivity contribution in [1.82, 2.24) is 34.9 Å². The molecule has 5 rings (SSSR count). The molecule has 0 unspecified atom stereocenters. The highest BCUT2D eigenvalue weighted by molar-refractivity contribution is 7.93. The minimum absolute atomic E-state index is 0.0678. The van der Waals surface area contributed by atoms with Crippen molar-refractivity contribution in [2.45, 2.75) is 50.8 Å². The Morgan fingerprint density at radius 3 is 2.55 bits per heavy atom. The molecule has 1 fully saturated rings. The Bertz CT molecular complexity index is 1540. The third-order valence-corrected chi connectivity index (χ3v) is 8.83. The second-order valence-corrected chi connectivity index (χ2v) is 11.8. The fourth-order valence-corrected chi connectivity index (χ4v) is 5.64. The summed E-state index contributed by atoms with van der Waals surface area (Å²) in [6, 6.07) is 4.97. The molecule has 0 aromatic carbocycles. The van der Waals surface area contributed by atoms with Crippen LogP contribution in [0.3, 0.4) is 0 Å². The van der Waals surface area contributed by atoms with E-state index in [-0.39, 0.29) is 17.9 Å². The van der Waals surface area contributed by atoms with Crippen molar-refractivity contribution >= 4 is 27.6 Å². The average molecular weight is 559 g/mol. The monoisotopic (exact) mass is 558 g/mol. The van der Waals surface area contributed by atoms with E-state index in [1.165, 1.54) is 19.5 Å². The third-order valence-electron chi connectivity index (χ3n) is 6.78. The molecule has 0 bridgehead atoms. The third kappa shape index (κ3) is 5.07. The summed E-state index contributed by atoms with van der Waals surface area (Å²) >= 11 is 5.90. The van der Waals surface area contributed by atoms with Crippen molar-refractivity contribution in [2.75, 3.05) is 11.8 Å².